The number of rotatable bonds is 8. The summed E-state index contributed by atoms with van der Waals surface area (Å²) in [4.78, 5) is 0. The van der Waals surface area contributed by atoms with E-state index in [1.54, 1.807) is 0 Å². The maximum absolute atomic E-state index is 3.76. The van der Waals surface area contributed by atoms with Gasteiger partial charge in [-0.3, -0.25) is 0 Å². The minimum atomic E-state index is 0.879. The van der Waals surface area contributed by atoms with Gasteiger partial charge in [-0.2, -0.15) is 0 Å². The Morgan fingerprint density at radius 1 is 1.15 bits per heavy atom. The molecule has 0 saturated heterocycles. The smallest absolute Gasteiger partial charge is 0.0351 e. The van der Waals surface area contributed by atoms with E-state index in [2.05, 4.69) is 27.4 Å². The molecule has 0 spiro atoms. The Labute approximate surface area is 84.4 Å². The molecule has 0 heterocycles. The summed E-state index contributed by atoms with van der Waals surface area (Å²) in [5, 5.41) is 0. The molecule has 0 aromatic carbocycles. The summed E-state index contributed by atoms with van der Waals surface area (Å²) in [5.41, 5.74) is 0. The van der Waals surface area contributed by atoms with Gasteiger partial charge in [-0.25, -0.2) is 0 Å². The van der Waals surface area contributed by atoms with Crippen molar-refractivity contribution in [2.75, 3.05) is 0 Å². The molecule has 0 radical (unpaired) electrons. The second-order valence-electron chi connectivity index (χ2n) is 4.45. The molecular weight excluding hydrogens is 156 g/mol. The van der Waals surface area contributed by atoms with E-state index in [1.165, 1.54) is 38.5 Å². The third-order valence-electron chi connectivity index (χ3n) is 2.72. The molecule has 0 aliphatic heterocycles. The van der Waals surface area contributed by atoms with Crippen molar-refractivity contribution < 1.29 is 0 Å². The van der Waals surface area contributed by atoms with Crippen LogP contribution in [0.25, 0.3) is 0 Å². The summed E-state index contributed by atoms with van der Waals surface area (Å²) in [6.07, 6.45) is 10.1. The first kappa shape index (κ1) is 12.7. The van der Waals surface area contributed by atoms with Gasteiger partial charge in [0.05, 0.1) is 0 Å². The van der Waals surface area contributed by atoms with Crippen LogP contribution in [0.1, 0.15) is 59.3 Å². The second-order valence-corrected chi connectivity index (χ2v) is 4.45. The van der Waals surface area contributed by atoms with Crippen molar-refractivity contribution in [3.8, 4) is 0 Å². The molecule has 0 heteroatoms. The average Bonchev–Trinajstić information content (AvgIpc) is 2.11. The Morgan fingerprint density at radius 2 is 1.77 bits per heavy atom. The lowest BCUT2D eigenvalue weighted by molar-refractivity contribution is 0.372. The Kier molecular flexibility index (Phi) is 8.18. The first-order valence-corrected chi connectivity index (χ1v) is 5.81. The molecule has 0 nitrogen and oxygen atoms in total. The minimum absolute atomic E-state index is 0.879. The highest BCUT2D eigenvalue weighted by Gasteiger charge is 2.07. The molecule has 2 atom stereocenters. The molecule has 0 amide bonds. The number of hydrogen-bond donors (Lipinski definition) is 0. The van der Waals surface area contributed by atoms with Crippen molar-refractivity contribution >= 4 is 0 Å². The molecule has 0 fully saturated rings. The van der Waals surface area contributed by atoms with Crippen LogP contribution in [0.15, 0.2) is 12.7 Å². The van der Waals surface area contributed by atoms with Gasteiger partial charge in [0.1, 0.15) is 0 Å². The highest BCUT2D eigenvalue weighted by atomic mass is 14.1. The quantitative estimate of drug-likeness (QED) is 0.473. The second kappa shape index (κ2) is 8.34. The molecule has 0 N–H and O–H groups in total. The molecule has 0 bridgehead atoms. The van der Waals surface area contributed by atoms with E-state index in [0.29, 0.717) is 0 Å². The standard InChI is InChI=1S/C13H26/c1-5-7-9-12(3)11-13(4)10-8-6-2/h5,12-13H,1,6-11H2,2-4H3/t12-,13+/m1/s1. The predicted octanol–water partition coefficient (Wildman–Crippen LogP) is 4.81. The first-order valence-electron chi connectivity index (χ1n) is 5.81. The lowest BCUT2D eigenvalue weighted by Gasteiger charge is -2.16. The van der Waals surface area contributed by atoms with Crippen LogP contribution in [0.4, 0.5) is 0 Å². The first-order chi connectivity index (χ1) is 6.20. The number of allylic oxidation sites excluding steroid dienone is 1. The van der Waals surface area contributed by atoms with Crippen molar-refractivity contribution in [2.24, 2.45) is 11.8 Å². The fourth-order valence-corrected chi connectivity index (χ4v) is 1.88. The van der Waals surface area contributed by atoms with Crippen LogP contribution < -0.4 is 0 Å². The number of hydrogen-bond acceptors (Lipinski definition) is 0. The van der Waals surface area contributed by atoms with Gasteiger partial charge < -0.3 is 0 Å². The lowest BCUT2D eigenvalue weighted by Crippen LogP contribution is -2.02. The molecule has 0 aliphatic rings. The third kappa shape index (κ3) is 8.08. The van der Waals surface area contributed by atoms with Crippen molar-refractivity contribution in [3.05, 3.63) is 12.7 Å². The zero-order valence-electron chi connectivity index (χ0n) is 9.68. The van der Waals surface area contributed by atoms with Crippen LogP contribution in [0.3, 0.4) is 0 Å². The van der Waals surface area contributed by atoms with Gasteiger partial charge in [-0.15, -0.1) is 6.58 Å². The van der Waals surface area contributed by atoms with Gasteiger partial charge in [0.25, 0.3) is 0 Å². The van der Waals surface area contributed by atoms with Crippen molar-refractivity contribution in [3.63, 3.8) is 0 Å². The van der Waals surface area contributed by atoms with Crippen LogP contribution >= 0.6 is 0 Å². The molecule has 0 rings (SSSR count). The topological polar surface area (TPSA) is 0 Å². The highest BCUT2D eigenvalue weighted by molar-refractivity contribution is 4.69. The molecule has 13 heavy (non-hydrogen) atoms. The average molecular weight is 182 g/mol. The van der Waals surface area contributed by atoms with E-state index in [4.69, 9.17) is 0 Å². The fourth-order valence-electron chi connectivity index (χ4n) is 1.88. The van der Waals surface area contributed by atoms with Crippen molar-refractivity contribution in [1.82, 2.24) is 0 Å². The Balaban J connectivity index is 3.40. The number of unbranched alkanes of at least 4 members (excludes halogenated alkanes) is 1. The predicted molar refractivity (Wildman–Crippen MR) is 61.9 cm³/mol. The molecule has 0 aliphatic carbocycles. The summed E-state index contributed by atoms with van der Waals surface area (Å²) in [7, 11) is 0. The maximum Gasteiger partial charge on any atom is -0.0351 e. The summed E-state index contributed by atoms with van der Waals surface area (Å²) in [6, 6.07) is 0. The zero-order valence-corrected chi connectivity index (χ0v) is 9.68. The minimum Gasteiger partial charge on any atom is -0.103 e. The lowest BCUT2D eigenvalue weighted by atomic mass is 9.90. The van der Waals surface area contributed by atoms with Crippen LogP contribution in [-0.4, -0.2) is 0 Å². The largest absolute Gasteiger partial charge is 0.103 e. The van der Waals surface area contributed by atoms with E-state index in [-0.39, 0.29) is 0 Å². The fraction of sp³-hybridized carbons (Fsp3) is 0.846. The summed E-state index contributed by atoms with van der Waals surface area (Å²) in [6.45, 7) is 10.8. The summed E-state index contributed by atoms with van der Waals surface area (Å²) < 4.78 is 0. The van der Waals surface area contributed by atoms with Crippen LogP contribution in [0.5, 0.6) is 0 Å². The van der Waals surface area contributed by atoms with Crippen molar-refractivity contribution in [2.45, 2.75) is 59.3 Å². The zero-order chi connectivity index (χ0) is 10.1. The van der Waals surface area contributed by atoms with E-state index in [9.17, 15) is 0 Å². The van der Waals surface area contributed by atoms with E-state index in [0.717, 1.165) is 11.8 Å². The van der Waals surface area contributed by atoms with Gasteiger partial charge in [0, 0.05) is 0 Å². The van der Waals surface area contributed by atoms with E-state index >= 15 is 0 Å². The van der Waals surface area contributed by atoms with Crippen LogP contribution in [-0.2, 0) is 0 Å². The van der Waals surface area contributed by atoms with Gasteiger partial charge in [0.15, 0.2) is 0 Å². The Hall–Kier alpha value is -0.260. The van der Waals surface area contributed by atoms with E-state index in [1.807, 2.05) is 6.08 Å². The molecule has 78 valence electrons. The normalized spacial score (nSPS) is 15.3. The van der Waals surface area contributed by atoms with Gasteiger partial charge >= 0.3 is 0 Å². The summed E-state index contributed by atoms with van der Waals surface area (Å²) >= 11 is 0. The van der Waals surface area contributed by atoms with Gasteiger partial charge in [0.2, 0.25) is 0 Å². The highest BCUT2D eigenvalue weighted by Crippen LogP contribution is 2.20. The van der Waals surface area contributed by atoms with Crippen LogP contribution in [0, 0.1) is 11.8 Å². The Morgan fingerprint density at radius 3 is 2.31 bits per heavy atom. The summed E-state index contributed by atoms with van der Waals surface area (Å²) in [5.74, 6) is 1.80. The molecule has 0 unspecified atom stereocenters. The van der Waals surface area contributed by atoms with E-state index < -0.39 is 0 Å². The maximum atomic E-state index is 3.76. The van der Waals surface area contributed by atoms with Crippen molar-refractivity contribution in [1.29, 1.82) is 0 Å². The van der Waals surface area contributed by atoms with Gasteiger partial charge in [-0.05, 0) is 31.1 Å². The third-order valence-corrected chi connectivity index (χ3v) is 2.72. The van der Waals surface area contributed by atoms with Crippen LogP contribution in [0.2, 0.25) is 0 Å². The SMILES string of the molecule is C=CCC[C@@H](C)C[C@@H](C)CCCC. The molecular formula is C13H26. The monoisotopic (exact) mass is 182 g/mol. The van der Waals surface area contributed by atoms with Gasteiger partial charge in [-0.1, -0.05) is 46.1 Å². The Bertz CT molecular complexity index is 115. The molecule has 0 saturated carbocycles. The molecule has 0 aromatic rings. The molecule has 0 aromatic heterocycles.